The number of anilines is 1. The molecule has 0 radical (unpaired) electrons. The van der Waals surface area contributed by atoms with Crippen LogP contribution in [0.3, 0.4) is 0 Å². The standard InChI is InChI=1S/C12H15F3N2O2/c1-18-10-6-9(17-4-2-16-3-5-17)7-11(8-10)19-12(13,14)15/h6-8,16H,2-5H2,1H3. The van der Waals surface area contributed by atoms with E-state index in [9.17, 15) is 13.2 Å². The number of nitrogens with one attached hydrogen (secondary N) is 1. The fourth-order valence-electron chi connectivity index (χ4n) is 1.97. The Hall–Kier alpha value is -1.63. The van der Waals surface area contributed by atoms with E-state index in [1.54, 1.807) is 6.07 Å². The van der Waals surface area contributed by atoms with Crippen molar-refractivity contribution >= 4 is 5.69 Å². The predicted octanol–water partition coefficient (Wildman–Crippen LogP) is 2.00. The summed E-state index contributed by atoms with van der Waals surface area (Å²) in [7, 11) is 1.41. The van der Waals surface area contributed by atoms with Crippen molar-refractivity contribution in [3.63, 3.8) is 0 Å². The maximum atomic E-state index is 12.3. The Morgan fingerprint density at radius 2 is 1.74 bits per heavy atom. The summed E-state index contributed by atoms with van der Waals surface area (Å²) in [4.78, 5) is 1.99. The number of nitrogens with zero attached hydrogens (tertiary/aromatic N) is 1. The Labute approximate surface area is 109 Å². The first-order valence-corrected chi connectivity index (χ1v) is 5.88. The second kappa shape index (κ2) is 5.56. The molecule has 1 fully saturated rings. The number of benzene rings is 1. The second-order valence-corrected chi connectivity index (χ2v) is 4.15. The number of methoxy groups -OCH3 is 1. The molecule has 1 N–H and O–H groups in total. The van der Waals surface area contributed by atoms with Crippen LogP contribution in [0.4, 0.5) is 18.9 Å². The van der Waals surface area contributed by atoms with Gasteiger partial charge in [-0.05, 0) is 0 Å². The van der Waals surface area contributed by atoms with Crippen LogP contribution in [-0.2, 0) is 0 Å². The van der Waals surface area contributed by atoms with Crippen molar-refractivity contribution in [3.8, 4) is 11.5 Å². The first kappa shape index (κ1) is 13.8. The van der Waals surface area contributed by atoms with Gasteiger partial charge in [-0.3, -0.25) is 0 Å². The molecular weight excluding hydrogens is 261 g/mol. The average Bonchev–Trinajstić information content (AvgIpc) is 2.37. The van der Waals surface area contributed by atoms with Crippen LogP contribution >= 0.6 is 0 Å². The Kier molecular flexibility index (Phi) is 4.04. The molecule has 1 heterocycles. The maximum Gasteiger partial charge on any atom is 0.573 e. The van der Waals surface area contributed by atoms with Gasteiger partial charge in [-0.25, -0.2) is 0 Å². The van der Waals surface area contributed by atoms with Crippen LogP contribution in [0, 0.1) is 0 Å². The number of halogens is 3. The van der Waals surface area contributed by atoms with E-state index in [-0.39, 0.29) is 5.75 Å². The van der Waals surface area contributed by atoms with E-state index >= 15 is 0 Å². The highest BCUT2D eigenvalue weighted by Gasteiger charge is 2.31. The SMILES string of the molecule is COc1cc(OC(F)(F)F)cc(N2CCNCC2)c1. The van der Waals surface area contributed by atoms with Gasteiger partial charge in [0.25, 0.3) is 0 Å². The van der Waals surface area contributed by atoms with E-state index in [1.165, 1.54) is 19.2 Å². The van der Waals surface area contributed by atoms with Crippen molar-refractivity contribution < 1.29 is 22.6 Å². The number of hydrogen-bond donors (Lipinski definition) is 1. The molecule has 2 rings (SSSR count). The monoisotopic (exact) mass is 276 g/mol. The summed E-state index contributed by atoms with van der Waals surface area (Å²) in [5.41, 5.74) is 0.667. The van der Waals surface area contributed by atoms with Gasteiger partial charge in [-0.1, -0.05) is 0 Å². The lowest BCUT2D eigenvalue weighted by atomic mass is 10.2. The Bertz CT molecular complexity index is 431. The summed E-state index contributed by atoms with van der Waals surface area (Å²) in [6, 6.07) is 4.30. The molecule has 0 aliphatic carbocycles. The molecule has 0 spiro atoms. The Morgan fingerprint density at radius 3 is 2.32 bits per heavy atom. The minimum absolute atomic E-state index is 0.264. The molecule has 19 heavy (non-hydrogen) atoms. The zero-order chi connectivity index (χ0) is 13.9. The molecule has 0 unspecified atom stereocenters. The van der Waals surface area contributed by atoms with Crippen LogP contribution < -0.4 is 19.7 Å². The van der Waals surface area contributed by atoms with Gasteiger partial charge in [0.05, 0.1) is 7.11 Å². The lowest BCUT2D eigenvalue weighted by molar-refractivity contribution is -0.274. The third-order valence-corrected chi connectivity index (χ3v) is 2.82. The Balaban J connectivity index is 2.24. The van der Waals surface area contributed by atoms with Crippen molar-refractivity contribution in [1.29, 1.82) is 0 Å². The summed E-state index contributed by atoms with van der Waals surface area (Å²) in [6.45, 7) is 3.07. The summed E-state index contributed by atoms with van der Waals surface area (Å²) in [5, 5.41) is 3.18. The summed E-state index contributed by atoms with van der Waals surface area (Å²) in [5.74, 6) is 0.0793. The van der Waals surface area contributed by atoms with Crippen molar-refractivity contribution in [1.82, 2.24) is 5.32 Å². The molecule has 1 aliphatic heterocycles. The van der Waals surface area contributed by atoms with Crippen LogP contribution in [0.2, 0.25) is 0 Å². The van der Waals surface area contributed by atoms with Crippen LogP contribution in [0.25, 0.3) is 0 Å². The quantitative estimate of drug-likeness (QED) is 0.915. The highest BCUT2D eigenvalue weighted by atomic mass is 19.4. The second-order valence-electron chi connectivity index (χ2n) is 4.15. The minimum Gasteiger partial charge on any atom is -0.497 e. The van der Waals surface area contributed by atoms with Crippen LogP contribution in [0.5, 0.6) is 11.5 Å². The maximum absolute atomic E-state index is 12.3. The largest absolute Gasteiger partial charge is 0.573 e. The van der Waals surface area contributed by atoms with E-state index in [0.29, 0.717) is 11.4 Å². The summed E-state index contributed by atoms with van der Waals surface area (Å²) >= 11 is 0. The zero-order valence-electron chi connectivity index (χ0n) is 10.5. The van der Waals surface area contributed by atoms with Crippen LogP contribution in [0.1, 0.15) is 0 Å². The number of alkyl halides is 3. The van der Waals surface area contributed by atoms with Gasteiger partial charge < -0.3 is 19.7 Å². The van der Waals surface area contributed by atoms with Crippen molar-refractivity contribution in [2.75, 3.05) is 38.2 Å². The number of hydrogen-bond acceptors (Lipinski definition) is 4. The fourth-order valence-corrected chi connectivity index (χ4v) is 1.97. The Morgan fingerprint density at radius 1 is 1.11 bits per heavy atom. The zero-order valence-corrected chi connectivity index (χ0v) is 10.5. The van der Waals surface area contributed by atoms with Crippen molar-refractivity contribution in [3.05, 3.63) is 18.2 Å². The molecule has 0 aromatic heterocycles. The van der Waals surface area contributed by atoms with Gasteiger partial charge in [0.1, 0.15) is 11.5 Å². The molecule has 7 heteroatoms. The lowest BCUT2D eigenvalue weighted by Crippen LogP contribution is -2.43. The molecule has 1 saturated heterocycles. The fraction of sp³-hybridized carbons (Fsp3) is 0.500. The van der Waals surface area contributed by atoms with Crippen molar-refractivity contribution in [2.24, 2.45) is 0 Å². The molecular formula is C12H15F3N2O2. The molecule has 1 aromatic carbocycles. The lowest BCUT2D eigenvalue weighted by Gasteiger charge is -2.30. The molecule has 0 saturated carbocycles. The normalized spacial score (nSPS) is 16.3. The van der Waals surface area contributed by atoms with E-state index in [0.717, 1.165) is 26.2 Å². The third kappa shape index (κ3) is 3.92. The van der Waals surface area contributed by atoms with Crippen LogP contribution in [0.15, 0.2) is 18.2 Å². The topological polar surface area (TPSA) is 33.7 Å². The van der Waals surface area contributed by atoms with E-state index in [2.05, 4.69) is 10.1 Å². The summed E-state index contributed by atoms with van der Waals surface area (Å²) < 4.78 is 45.8. The van der Waals surface area contributed by atoms with Gasteiger partial charge in [0.15, 0.2) is 0 Å². The highest BCUT2D eigenvalue weighted by molar-refractivity contribution is 5.56. The molecule has 0 amide bonds. The molecule has 0 bridgehead atoms. The average molecular weight is 276 g/mol. The van der Waals surface area contributed by atoms with E-state index in [4.69, 9.17) is 4.74 Å². The molecule has 0 atom stereocenters. The number of rotatable bonds is 3. The first-order chi connectivity index (χ1) is 8.98. The van der Waals surface area contributed by atoms with Crippen LogP contribution in [-0.4, -0.2) is 39.7 Å². The van der Waals surface area contributed by atoms with Gasteiger partial charge in [-0.2, -0.15) is 0 Å². The third-order valence-electron chi connectivity index (χ3n) is 2.82. The predicted molar refractivity (Wildman–Crippen MR) is 64.8 cm³/mol. The molecule has 1 aromatic rings. The molecule has 4 nitrogen and oxygen atoms in total. The molecule has 1 aliphatic rings. The highest BCUT2D eigenvalue weighted by Crippen LogP contribution is 2.32. The van der Waals surface area contributed by atoms with E-state index < -0.39 is 6.36 Å². The van der Waals surface area contributed by atoms with Crippen molar-refractivity contribution in [2.45, 2.75) is 6.36 Å². The van der Waals surface area contributed by atoms with Gasteiger partial charge in [-0.15, -0.1) is 13.2 Å². The van der Waals surface area contributed by atoms with Gasteiger partial charge in [0, 0.05) is 50.1 Å². The smallest absolute Gasteiger partial charge is 0.497 e. The summed E-state index contributed by atoms with van der Waals surface area (Å²) in [6.07, 6.45) is -4.70. The molecule has 106 valence electrons. The minimum atomic E-state index is -4.70. The van der Waals surface area contributed by atoms with Gasteiger partial charge in [0.2, 0.25) is 0 Å². The van der Waals surface area contributed by atoms with Gasteiger partial charge >= 0.3 is 6.36 Å². The first-order valence-electron chi connectivity index (χ1n) is 5.88. The number of piperazine rings is 1. The van der Waals surface area contributed by atoms with E-state index in [1.807, 2.05) is 4.90 Å². The number of ether oxygens (including phenoxy) is 2.